The Morgan fingerprint density at radius 1 is 1.05 bits per heavy atom. The van der Waals surface area contributed by atoms with Crippen LogP contribution in [0.2, 0.25) is 0 Å². The second-order valence-electron chi connectivity index (χ2n) is 10.6. The minimum absolute atomic E-state index is 0.170. The van der Waals surface area contributed by atoms with Crippen LogP contribution in [-0.4, -0.2) is 39.6 Å². The largest absolute Gasteiger partial charge is 0.477 e. The number of nitriles is 1. The van der Waals surface area contributed by atoms with Crippen molar-refractivity contribution in [3.8, 4) is 11.9 Å². The van der Waals surface area contributed by atoms with E-state index < -0.39 is 69.4 Å². The molecule has 0 saturated carbocycles. The van der Waals surface area contributed by atoms with Crippen molar-refractivity contribution in [3.05, 3.63) is 47.4 Å². The molecule has 2 unspecified atom stereocenters. The second-order valence-corrected chi connectivity index (χ2v) is 10.6. The van der Waals surface area contributed by atoms with Gasteiger partial charge in [-0.15, -0.1) is 0 Å². The quantitative estimate of drug-likeness (QED) is 0.404. The van der Waals surface area contributed by atoms with Crippen LogP contribution < -0.4 is 9.64 Å². The van der Waals surface area contributed by atoms with Crippen LogP contribution in [0, 0.1) is 28.6 Å². The number of hydrogen-bond acceptors (Lipinski definition) is 7. The highest BCUT2D eigenvalue weighted by molar-refractivity contribution is 6.23. The van der Waals surface area contributed by atoms with Crippen molar-refractivity contribution in [1.82, 2.24) is 9.97 Å². The number of carbonyl (C=O) groups excluding carboxylic acids is 2. The Hall–Kier alpha value is -3.73. The third-order valence-corrected chi connectivity index (χ3v) is 8.10. The molecule has 0 N–H and O–H groups in total. The molecule has 3 fully saturated rings. The number of hydrogen-bond donors (Lipinski definition) is 0. The first kappa shape index (κ1) is 26.9. The monoisotopic (exact) mass is 554 g/mol. The van der Waals surface area contributed by atoms with Gasteiger partial charge in [0.2, 0.25) is 17.7 Å². The summed E-state index contributed by atoms with van der Waals surface area (Å²) in [5.41, 5.74) is -7.02. The van der Waals surface area contributed by atoms with Crippen LogP contribution in [0.1, 0.15) is 44.0 Å². The Kier molecular flexibility index (Phi) is 5.61. The number of alkyl halides is 6. The van der Waals surface area contributed by atoms with Crippen LogP contribution in [0.4, 0.5) is 32.0 Å². The maximum absolute atomic E-state index is 13.7. The third kappa shape index (κ3) is 3.85. The van der Waals surface area contributed by atoms with Crippen molar-refractivity contribution in [2.24, 2.45) is 17.3 Å². The van der Waals surface area contributed by atoms with Crippen molar-refractivity contribution in [1.29, 1.82) is 5.26 Å². The predicted molar refractivity (Wildman–Crippen MR) is 119 cm³/mol. The van der Waals surface area contributed by atoms with E-state index in [-0.39, 0.29) is 24.6 Å². The second kappa shape index (κ2) is 8.14. The van der Waals surface area contributed by atoms with E-state index >= 15 is 0 Å². The lowest BCUT2D eigenvalue weighted by molar-refractivity contribution is -0.142. The van der Waals surface area contributed by atoms with Gasteiger partial charge in [-0.2, -0.15) is 31.6 Å². The number of anilines is 1. The molecule has 2 amide bonds. The zero-order valence-electron chi connectivity index (χ0n) is 20.6. The number of fused-ring (bicyclic) bond motifs is 5. The van der Waals surface area contributed by atoms with E-state index in [4.69, 9.17) is 14.7 Å². The molecule has 14 heteroatoms. The smallest absolute Gasteiger partial charge is 0.433 e. The first-order valence-electron chi connectivity index (χ1n) is 11.7. The lowest BCUT2D eigenvalue weighted by Crippen LogP contribution is -2.54. The van der Waals surface area contributed by atoms with Crippen LogP contribution in [-0.2, 0) is 26.7 Å². The van der Waals surface area contributed by atoms with Gasteiger partial charge in [0, 0.05) is 11.5 Å². The third-order valence-electron chi connectivity index (χ3n) is 8.10. The van der Waals surface area contributed by atoms with E-state index in [1.165, 1.54) is 6.07 Å². The summed E-state index contributed by atoms with van der Waals surface area (Å²) in [6, 6.07) is 4.69. The molecular weight excluding hydrogens is 534 g/mol. The molecule has 8 nitrogen and oxygen atoms in total. The number of ether oxygens (including phenoxy) is 2. The molecule has 0 spiro atoms. The fourth-order valence-electron chi connectivity index (χ4n) is 6.30. The molecule has 1 aromatic heterocycles. The molecule has 4 heterocycles. The normalized spacial score (nSPS) is 31.9. The number of benzene rings is 1. The van der Waals surface area contributed by atoms with Crippen LogP contribution in [0.15, 0.2) is 30.6 Å². The molecule has 39 heavy (non-hydrogen) atoms. The fraction of sp³-hybridized carbons (Fsp3) is 0.480. The van der Waals surface area contributed by atoms with Crippen molar-refractivity contribution in [2.75, 3.05) is 11.5 Å². The van der Waals surface area contributed by atoms with Gasteiger partial charge < -0.3 is 9.47 Å². The first-order chi connectivity index (χ1) is 18.0. The molecule has 3 saturated heterocycles. The number of rotatable bonds is 4. The summed E-state index contributed by atoms with van der Waals surface area (Å²) in [4.78, 5) is 34.7. The van der Waals surface area contributed by atoms with Gasteiger partial charge in [0.1, 0.15) is 6.33 Å². The van der Waals surface area contributed by atoms with Gasteiger partial charge in [0.25, 0.3) is 0 Å². The Bertz CT molecular complexity index is 1440. The number of halogens is 6. The van der Waals surface area contributed by atoms with Crippen molar-refractivity contribution in [3.63, 3.8) is 0 Å². The molecular formula is C25H20F6N4O4. The summed E-state index contributed by atoms with van der Waals surface area (Å²) in [5.74, 6) is -3.97. The van der Waals surface area contributed by atoms with Crippen molar-refractivity contribution < 1.29 is 45.4 Å². The van der Waals surface area contributed by atoms with Gasteiger partial charge in [-0.3, -0.25) is 9.59 Å². The SMILES string of the molecule is CC12C[C@@](C)(COc3cc(C(F)(F)F)ncn3)C(C)(O1)[C@@H]1C(=O)N(c3ccc(C#N)c(C(F)(F)F)c3)C(=O)[C@@H]12. The minimum atomic E-state index is -4.90. The highest BCUT2D eigenvalue weighted by atomic mass is 19.4. The molecule has 5 atom stereocenters. The van der Waals surface area contributed by atoms with Gasteiger partial charge in [-0.25, -0.2) is 14.9 Å². The summed E-state index contributed by atoms with van der Waals surface area (Å²) in [7, 11) is 0. The van der Waals surface area contributed by atoms with Gasteiger partial charge in [0.15, 0.2) is 5.69 Å². The number of imide groups is 1. The van der Waals surface area contributed by atoms with Crippen LogP contribution in [0.25, 0.3) is 0 Å². The zero-order valence-corrected chi connectivity index (χ0v) is 20.6. The Morgan fingerprint density at radius 2 is 1.72 bits per heavy atom. The van der Waals surface area contributed by atoms with Crippen LogP contribution >= 0.6 is 0 Å². The molecule has 0 aliphatic carbocycles. The summed E-state index contributed by atoms with van der Waals surface area (Å²) in [6.45, 7) is 4.67. The maximum atomic E-state index is 13.7. The Morgan fingerprint density at radius 3 is 2.33 bits per heavy atom. The van der Waals surface area contributed by atoms with Crippen LogP contribution in [0.3, 0.4) is 0 Å². The van der Waals surface area contributed by atoms with E-state index in [2.05, 4.69) is 9.97 Å². The average molecular weight is 554 g/mol. The lowest BCUT2D eigenvalue weighted by atomic mass is 9.57. The number of aromatic nitrogens is 2. The Labute approximate surface area is 217 Å². The minimum Gasteiger partial charge on any atom is -0.477 e. The molecule has 5 rings (SSSR count). The highest BCUT2D eigenvalue weighted by Crippen LogP contribution is 2.68. The zero-order chi connectivity index (χ0) is 28.8. The topological polar surface area (TPSA) is 105 Å². The number of carbonyl (C=O) groups is 2. The summed E-state index contributed by atoms with van der Waals surface area (Å²) >= 11 is 0. The summed E-state index contributed by atoms with van der Waals surface area (Å²) in [6.07, 6.45) is -8.74. The standard InChI is InChI=1S/C25H20F6N4O4/c1-21(10-38-16-7-15(25(29,30)31)33-11-34-16)9-22(2)17-18(23(21,3)39-22)20(37)35(19(17)36)13-5-4-12(8-32)14(6-13)24(26,27)28/h4-7,11,17-18H,9-10H2,1-3H3/t17-,18+,21+,22?,23?/m1/s1. The van der Waals surface area contributed by atoms with E-state index in [1.54, 1.807) is 20.8 Å². The molecule has 206 valence electrons. The molecule has 3 aliphatic heterocycles. The van der Waals surface area contributed by atoms with Crippen LogP contribution in [0.5, 0.6) is 5.88 Å². The van der Waals surface area contributed by atoms with Crippen molar-refractivity contribution in [2.45, 2.75) is 50.7 Å². The summed E-state index contributed by atoms with van der Waals surface area (Å²) in [5, 5.41) is 9.07. The van der Waals surface area contributed by atoms with E-state index in [0.29, 0.717) is 23.4 Å². The van der Waals surface area contributed by atoms with E-state index in [9.17, 15) is 35.9 Å². The number of amides is 2. The lowest BCUT2D eigenvalue weighted by Gasteiger charge is -2.43. The fourth-order valence-corrected chi connectivity index (χ4v) is 6.30. The van der Waals surface area contributed by atoms with Gasteiger partial charge in [0.05, 0.1) is 52.5 Å². The average Bonchev–Trinajstić information content (AvgIpc) is 3.34. The van der Waals surface area contributed by atoms with Gasteiger partial charge in [-0.05, 0) is 38.5 Å². The van der Waals surface area contributed by atoms with Gasteiger partial charge in [-0.1, -0.05) is 6.92 Å². The molecule has 2 aromatic rings. The summed E-state index contributed by atoms with van der Waals surface area (Å²) < 4.78 is 91.6. The maximum Gasteiger partial charge on any atom is 0.433 e. The predicted octanol–water partition coefficient (Wildman–Crippen LogP) is 4.53. The molecule has 0 radical (unpaired) electrons. The molecule has 3 aliphatic rings. The highest BCUT2D eigenvalue weighted by Gasteiger charge is 2.79. The van der Waals surface area contributed by atoms with E-state index in [1.807, 2.05) is 0 Å². The molecule has 1 aromatic carbocycles. The van der Waals surface area contributed by atoms with Crippen molar-refractivity contribution >= 4 is 17.5 Å². The molecule has 2 bridgehead atoms. The van der Waals surface area contributed by atoms with E-state index in [0.717, 1.165) is 12.1 Å². The Balaban J connectivity index is 1.47. The number of nitrogens with zero attached hydrogens (tertiary/aromatic N) is 4. The van der Waals surface area contributed by atoms with Gasteiger partial charge >= 0.3 is 12.4 Å². The first-order valence-corrected chi connectivity index (χ1v) is 11.7.